The Kier molecular flexibility index (Phi) is 2.07. The Morgan fingerprint density at radius 2 is 2.67 bits per heavy atom. The summed E-state index contributed by atoms with van der Waals surface area (Å²) in [5, 5.41) is 0. The van der Waals surface area contributed by atoms with Crippen molar-refractivity contribution in [2.45, 2.75) is 0 Å². The van der Waals surface area contributed by atoms with Gasteiger partial charge in [0.1, 0.15) is 0 Å². The normalized spacial score (nSPS) is 16.2. The van der Waals surface area contributed by atoms with Gasteiger partial charge >= 0.3 is 0 Å². The van der Waals surface area contributed by atoms with Crippen molar-refractivity contribution >= 4 is 6.21 Å². The van der Waals surface area contributed by atoms with Gasteiger partial charge < -0.3 is 4.90 Å². The SMILES string of the molecule is C=CCN1C=CN=CC1. The van der Waals surface area contributed by atoms with E-state index in [-0.39, 0.29) is 0 Å². The van der Waals surface area contributed by atoms with Crippen molar-refractivity contribution in [3.05, 3.63) is 25.1 Å². The standard InChI is InChI=1S/C7H10N2/c1-2-5-9-6-3-8-4-7-9/h2-4,6H,1,5,7H2. The summed E-state index contributed by atoms with van der Waals surface area (Å²) >= 11 is 0. The van der Waals surface area contributed by atoms with Crippen molar-refractivity contribution in [2.75, 3.05) is 13.1 Å². The highest BCUT2D eigenvalue weighted by molar-refractivity contribution is 5.61. The second kappa shape index (κ2) is 3.07. The molecule has 0 fully saturated rings. The van der Waals surface area contributed by atoms with E-state index in [1.165, 1.54) is 0 Å². The minimum absolute atomic E-state index is 0.905. The van der Waals surface area contributed by atoms with Gasteiger partial charge in [-0.05, 0) is 0 Å². The van der Waals surface area contributed by atoms with E-state index < -0.39 is 0 Å². The zero-order valence-corrected chi connectivity index (χ0v) is 5.33. The molecular weight excluding hydrogens is 112 g/mol. The first-order valence-corrected chi connectivity index (χ1v) is 2.97. The van der Waals surface area contributed by atoms with Crippen LogP contribution in [-0.4, -0.2) is 24.2 Å². The fraction of sp³-hybridized carbons (Fsp3) is 0.286. The van der Waals surface area contributed by atoms with Crippen molar-refractivity contribution in [1.82, 2.24) is 4.90 Å². The maximum atomic E-state index is 3.93. The molecule has 48 valence electrons. The van der Waals surface area contributed by atoms with E-state index in [0.717, 1.165) is 13.1 Å². The van der Waals surface area contributed by atoms with E-state index in [9.17, 15) is 0 Å². The third-order valence-electron chi connectivity index (χ3n) is 1.15. The third-order valence-corrected chi connectivity index (χ3v) is 1.15. The highest BCUT2D eigenvalue weighted by Gasteiger charge is 1.94. The van der Waals surface area contributed by atoms with Gasteiger partial charge in [-0.2, -0.15) is 0 Å². The maximum absolute atomic E-state index is 3.93. The van der Waals surface area contributed by atoms with Gasteiger partial charge in [0.25, 0.3) is 0 Å². The Morgan fingerprint density at radius 3 is 3.22 bits per heavy atom. The first-order valence-electron chi connectivity index (χ1n) is 2.97. The topological polar surface area (TPSA) is 15.6 Å². The first-order chi connectivity index (χ1) is 4.43. The molecule has 0 unspecified atom stereocenters. The largest absolute Gasteiger partial charge is 0.367 e. The fourth-order valence-electron chi connectivity index (χ4n) is 0.708. The van der Waals surface area contributed by atoms with Gasteiger partial charge in [0.05, 0.1) is 6.54 Å². The molecule has 9 heavy (non-hydrogen) atoms. The number of hydrogen-bond acceptors (Lipinski definition) is 2. The predicted molar refractivity (Wildman–Crippen MR) is 39.4 cm³/mol. The average Bonchev–Trinajstić information content (AvgIpc) is 1.91. The van der Waals surface area contributed by atoms with E-state index in [1.807, 2.05) is 18.5 Å². The number of rotatable bonds is 2. The molecule has 1 heterocycles. The van der Waals surface area contributed by atoms with E-state index >= 15 is 0 Å². The first kappa shape index (κ1) is 6.08. The van der Waals surface area contributed by atoms with Gasteiger partial charge in [0.15, 0.2) is 0 Å². The van der Waals surface area contributed by atoms with Crippen molar-refractivity contribution in [3.63, 3.8) is 0 Å². The van der Waals surface area contributed by atoms with Crippen LogP contribution in [0.15, 0.2) is 30.0 Å². The number of aliphatic imine (C=N–C) groups is 1. The zero-order chi connectivity index (χ0) is 6.53. The van der Waals surface area contributed by atoms with Crippen molar-refractivity contribution in [2.24, 2.45) is 4.99 Å². The quantitative estimate of drug-likeness (QED) is 0.499. The monoisotopic (exact) mass is 122 g/mol. The van der Waals surface area contributed by atoms with Crippen molar-refractivity contribution < 1.29 is 0 Å². The molecular formula is C7H10N2. The molecule has 0 N–H and O–H groups in total. The van der Waals surface area contributed by atoms with Crippen LogP contribution in [0.4, 0.5) is 0 Å². The molecule has 0 saturated heterocycles. The zero-order valence-electron chi connectivity index (χ0n) is 5.33. The number of hydrogen-bond donors (Lipinski definition) is 0. The lowest BCUT2D eigenvalue weighted by molar-refractivity contribution is 0.473. The molecule has 0 aromatic carbocycles. The van der Waals surface area contributed by atoms with Crippen LogP contribution in [0, 0.1) is 0 Å². The summed E-state index contributed by atoms with van der Waals surface area (Å²) in [6.45, 7) is 5.45. The molecule has 0 aliphatic carbocycles. The van der Waals surface area contributed by atoms with Crippen LogP contribution in [0.1, 0.15) is 0 Å². The predicted octanol–water partition coefficient (Wildman–Crippen LogP) is 1.03. The molecule has 0 aromatic heterocycles. The molecule has 0 aromatic rings. The Morgan fingerprint density at radius 1 is 1.78 bits per heavy atom. The third kappa shape index (κ3) is 1.72. The molecule has 1 rings (SSSR count). The lowest BCUT2D eigenvalue weighted by Gasteiger charge is -2.16. The lowest BCUT2D eigenvalue weighted by Crippen LogP contribution is -2.20. The van der Waals surface area contributed by atoms with Crippen LogP contribution in [0.5, 0.6) is 0 Å². The summed E-state index contributed by atoms with van der Waals surface area (Å²) in [5.74, 6) is 0. The van der Waals surface area contributed by atoms with Gasteiger partial charge in [-0.1, -0.05) is 6.08 Å². The summed E-state index contributed by atoms with van der Waals surface area (Å²) in [6.07, 6.45) is 7.50. The Labute approximate surface area is 55.2 Å². The van der Waals surface area contributed by atoms with Crippen LogP contribution in [0.25, 0.3) is 0 Å². The Balaban J connectivity index is 2.36. The van der Waals surface area contributed by atoms with E-state index in [2.05, 4.69) is 16.5 Å². The average molecular weight is 122 g/mol. The van der Waals surface area contributed by atoms with Crippen LogP contribution >= 0.6 is 0 Å². The van der Waals surface area contributed by atoms with Gasteiger partial charge in [-0.3, -0.25) is 4.99 Å². The summed E-state index contributed by atoms with van der Waals surface area (Å²) in [4.78, 5) is 6.05. The highest BCUT2D eigenvalue weighted by Crippen LogP contribution is 1.93. The summed E-state index contributed by atoms with van der Waals surface area (Å²) < 4.78 is 0. The number of nitrogens with zero attached hydrogens (tertiary/aromatic N) is 2. The molecule has 2 heteroatoms. The molecule has 0 spiro atoms. The van der Waals surface area contributed by atoms with Crippen LogP contribution in [0.2, 0.25) is 0 Å². The van der Waals surface area contributed by atoms with Gasteiger partial charge in [0, 0.05) is 25.2 Å². The fourth-order valence-corrected chi connectivity index (χ4v) is 0.708. The minimum Gasteiger partial charge on any atom is -0.367 e. The minimum atomic E-state index is 0.905. The molecule has 1 aliphatic rings. The van der Waals surface area contributed by atoms with Crippen molar-refractivity contribution in [1.29, 1.82) is 0 Å². The summed E-state index contributed by atoms with van der Waals surface area (Å²) in [5.41, 5.74) is 0. The van der Waals surface area contributed by atoms with Crippen LogP contribution < -0.4 is 0 Å². The van der Waals surface area contributed by atoms with Crippen LogP contribution in [-0.2, 0) is 0 Å². The molecule has 0 saturated carbocycles. The summed E-state index contributed by atoms with van der Waals surface area (Å²) in [6, 6.07) is 0. The lowest BCUT2D eigenvalue weighted by atomic mass is 10.5. The molecule has 0 amide bonds. The second-order valence-corrected chi connectivity index (χ2v) is 1.87. The molecule has 0 atom stereocenters. The highest BCUT2D eigenvalue weighted by atomic mass is 15.1. The Bertz CT molecular complexity index is 145. The van der Waals surface area contributed by atoms with Gasteiger partial charge in [-0.25, -0.2) is 0 Å². The smallest absolute Gasteiger partial charge is 0.0530 e. The molecule has 0 radical (unpaired) electrons. The molecule has 2 nitrogen and oxygen atoms in total. The maximum Gasteiger partial charge on any atom is 0.0530 e. The van der Waals surface area contributed by atoms with Crippen LogP contribution in [0.3, 0.4) is 0 Å². The Hall–Kier alpha value is -1.05. The van der Waals surface area contributed by atoms with E-state index in [1.54, 1.807) is 6.20 Å². The molecule has 0 bridgehead atoms. The molecule has 1 aliphatic heterocycles. The van der Waals surface area contributed by atoms with Gasteiger partial charge in [-0.15, -0.1) is 6.58 Å². The second-order valence-electron chi connectivity index (χ2n) is 1.87. The van der Waals surface area contributed by atoms with E-state index in [0.29, 0.717) is 0 Å². The van der Waals surface area contributed by atoms with Crippen molar-refractivity contribution in [3.8, 4) is 0 Å². The summed E-state index contributed by atoms with van der Waals surface area (Å²) in [7, 11) is 0. The van der Waals surface area contributed by atoms with Gasteiger partial charge in [0.2, 0.25) is 0 Å². The van der Waals surface area contributed by atoms with E-state index in [4.69, 9.17) is 0 Å².